The fraction of sp³-hybridized carbons (Fsp3) is 0.278. The summed E-state index contributed by atoms with van der Waals surface area (Å²) in [6, 6.07) is 16.1. The van der Waals surface area contributed by atoms with E-state index in [-0.39, 0.29) is 11.5 Å². The molecule has 3 rings (SSSR count). The highest BCUT2D eigenvalue weighted by Gasteiger charge is 2.39. The molecule has 0 aromatic heterocycles. The van der Waals surface area contributed by atoms with E-state index in [2.05, 4.69) is 31.3 Å². The zero-order chi connectivity index (χ0) is 15.0. The van der Waals surface area contributed by atoms with E-state index in [0.29, 0.717) is 5.56 Å². The van der Waals surface area contributed by atoms with Crippen LogP contribution in [0.2, 0.25) is 5.02 Å². The van der Waals surface area contributed by atoms with Crippen molar-refractivity contribution in [1.29, 1.82) is 5.26 Å². The van der Waals surface area contributed by atoms with Crippen molar-refractivity contribution < 1.29 is 0 Å². The number of halogens is 1. The number of rotatable bonds is 2. The van der Waals surface area contributed by atoms with Crippen LogP contribution < -0.4 is 5.32 Å². The SMILES string of the molecule is CC1(C)Cc2ccc(Cl)cc2C1Nc1ccccc1C#N. The van der Waals surface area contributed by atoms with Gasteiger partial charge in [-0.2, -0.15) is 5.26 Å². The molecule has 0 fully saturated rings. The molecule has 2 aromatic rings. The van der Waals surface area contributed by atoms with Crippen LogP contribution in [0.5, 0.6) is 0 Å². The molecular weight excluding hydrogens is 280 g/mol. The molecule has 0 radical (unpaired) electrons. The van der Waals surface area contributed by atoms with Crippen LogP contribution in [-0.4, -0.2) is 0 Å². The molecule has 3 heteroatoms. The van der Waals surface area contributed by atoms with Gasteiger partial charge in [0.15, 0.2) is 0 Å². The molecular formula is C18H17ClN2. The molecule has 0 aliphatic heterocycles. The lowest BCUT2D eigenvalue weighted by atomic mass is 9.85. The maximum absolute atomic E-state index is 9.25. The second kappa shape index (κ2) is 5.09. The van der Waals surface area contributed by atoms with Gasteiger partial charge < -0.3 is 5.32 Å². The summed E-state index contributed by atoms with van der Waals surface area (Å²) in [7, 11) is 0. The van der Waals surface area contributed by atoms with Crippen LogP contribution in [0.1, 0.15) is 36.6 Å². The topological polar surface area (TPSA) is 35.8 Å². The summed E-state index contributed by atoms with van der Waals surface area (Å²) < 4.78 is 0. The number of para-hydroxylation sites is 1. The van der Waals surface area contributed by atoms with Crippen LogP contribution >= 0.6 is 11.6 Å². The fourth-order valence-corrected chi connectivity index (χ4v) is 3.33. The second-order valence-corrected chi connectivity index (χ2v) is 6.68. The van der Waals surface area contributed by atoms with E-state index >= 15 is 0 Å². The van der Waals surface area contributed by atoms with Gasteiger partial charge in [0.2, 0.25) is 0 Å². The number of hydrogen-bond donors (Lipinski definition) is 1. The van der Waals surface area contributed by atoms with Crippen LogP contribution in [-0.2, 0) is 6.42 Å². The highest BCUT2D eigenvalue weighted by Crippen LogP contribution is 2.47. The van der Waals surface area contributed by atoms with Crippen molar-refractivity contribution >= 4 is 17.3 Å². The minimum Gasteiger partial charge on any atom is -0.377 e. The summed E-state index contributed by atoms with van der Waals surface area (Å²) in [5.41, 5.74) is 4.20. The number of nitriles is 1. The average Bonchev–Trinajstić information content (AvgIpc) is 2.70. The Bertz CT molecular complexity index is 728. The molecule has 21 heavy (non-hydrogen) atoms. The third-order valence-corrected chi connectivity index (χ3v) is 4.43. The zero-order valence-electron chi connectivity index (χ0n) is 12.2. The highest BCUT2D eigenvalue weighted by molar-refractivity contribution is 6.30. The molecule has 1 unspecified atom stereocenters. The van der Waals surface area contributed by atoms with Crippen LogP contribution in [0.3, 0.4) is 0 Å². The first-order chi connectivity index (χ1) is 10.0. The molecule has 0 saturated heterocycles. The molecule has 2 nitrogen and oxygen atoms in total. The Labute approximate surface area is 130 Å². The van der Waals surface area contributed by atoms with Gasteiger partial charge >= 0.3 is 0 Å². The van der Waals surface area contributed by atoms with Crippen molar-refractivity contribution in [1.82, 2.24) is 0 Å². The second-order valence-electron chi connectivity index (χ2n) is 6.24. The number of anilines is 1. The number of fused-ring (bicyclic) bond motifs is 1. The van der Waals surface area contributed by atoms with E-state index in [1.807, 2.05) is 36.4 Å². The van der Waals surface area contributed by atoms with Crippen LogP contribution in [0, 0.1) is 16.7 Å². The van der Waals surface area contributed by atoms with Gasteiger partial charge in [0, 0.05) is 5.02 Å². The van der Waals surface area contributed by atoms with E-state index in [4.69, 9.17) is 11.6 Å². The molecule has 0 bridgehead atoms. The predicted octanol–water partition coefficient (Wildman–Crippen LogP) is 4.95. The minimum atomic E-state index is 0.0790. The first-order valence-corrected chi connectivity index (χ1v) is 7.43. The van der Waals surface area contributed by atoms with E-state index in [9.17, 15) is 5.26 Å². The normalized spacial score (nSPS) is 18.9. The van der Waals surface area contributed by atoms with Crippen molar-refractivity contribution in [2.24, 2.45) is 5.41 Å². The Kier molecular flexibility index (Phi) is 3.39. The summed E-state index contributed by atoms with van der Waals surface area (Å²) in [5, 5.41) is 13.6. The third kappa shape index (κ3) is 2.50. The molecule has 1 aliphatic rings. The standard InChI is InChI=1S/C18H17ClN2/c1-18(2)10-12-7-8-14(19)9-15(12)17(18)21-16-6-4-3-5-13(16)11-20/h3-9,17,21H,10H2,1-2H3. The zero-order valence-corrected chi connectivity index (χ0v) is 12.9. The number of nitrogens with zero attached hydrogens (tertiary/aromatic N) is 1. The van der Waals surface area contributed by atoms with Crippen molar-refractivity contribution in [2.75, 3.05) is 5.32 Å². The summed E-state index contributed by atoms with van der Waals surface area (Å²) >= 11 is 6.16. The predicted molar refractivity (Wildman–Crippen MR) is 86.5 cm³/mol. The largest absolute Gasteiger partial charge is 0.377 e. The van der Waals surface area contributed by atoms with Gasteiger partial charge in [-0.15, -0.1) is 0 Å². The summed E-state index contributed by atoms with van der Waals surface area (Å²) in [6.45, 7) is 4.49. The van der Waals surface area contributed by atoms with Crippen molar-refractivity contribution in [2.45, 2.75) is 26.3 Å². The van der Waals surface area contributed by atoms with Gasteiger partial charge in [-0.3, -0.25) is 0 Å². The quantitative estimate of drug-likeness (QED) is 0.851. The lowest BCUT2D eigenvalue weighted by molar-refractivity contribution is 0.337. The Morgan fingerprint density at radius 2 is 2.00 bits per heavy atom. The molecule has 0 spiro atoms. The summed E-state index contributed by atoms with van der Waals surface area (Å²) in [4.78, 5) is 0. The van der Waals surface area contributed by atoms with Crippen molar-refractivity contribution in [3.05, 3.63) is 64.2 Å². The minimum absolute atomic E-state index is 0.0790. The van der Waals surface area contributed by atoms with Crippen LogP contribution in [0.25, 0.3) is 0 Å². The molecule has 1 atom stereocenters. The average molecular weight is 297 g/mol. The maximum Gasteiger partial charge on any atom is 0.101 e. The molecule has 0 heterocycles. The van der Waals surface area contributed by atoms with Crippen molar-refractivity contribution in [3.8, 4) is 6.07 Å². The van der Waals surface area contributed by atoms with Gasteiger partial charge in [-0.25, -0.2) is 0 Å². The molecule has 0 amide bonds. The number of hydrogen-bond acceptors (Lipinski definition) is 2. The van der Waals surface area contributed by atoms with Gasteiger partial charge in [-0.05, 0) is 47.2 Å². The number of benzene rings is 2. The number of nitrogens with one attached hydrogen (secondary N) is 1. The fourth-order valence-electron chi connectivity index (χ4n) is 3.14. The van der Waals surface area contributed by atoms with Gasteiger partial charge in [0.1, 0.15) is 6.07 Å². The monoisotopic (exact) mass is 296 g/mol. The van der Waals surface area contributed by atoms with Gasteiger partial charge in [-0.1, -0.05) is 43.6 Å². The third-order valence-electron chi connectivity index (χ3n) is 4.19. The first kappa shape index (κ1) is 14.0. The van der Waals surface area contributed by atoms with E-state index in [1.165, 1.54) is 11.1 Å². The van der Waals surface area contributed by atoms with Gasteiger partial charge in [0.05, 0.1) is 17.3 Å². The maximum atomic E-state index is 9.25. The van der Waals surface area contributed by atoms with E-state index in [1.54, 1.807) is 0 Å². The first-order valence-electron chi connectivity index (χ1n) is 7.05. The molecule has 1 N–H and O–H groups in total. The Balaban J connectivity index is 2.02. The Morgan fingerprint density at radius 1 is 1.24 bits per heavy atom. The van der Waals surface area contributed by atoms with E-state index in [0.717, 1.165) is 17.1 Å². The highest BCUT2D eigenvalue weighted by atomic mass is 35.5. The van der Waals surface area contributed by atoms with E-state index < -0.39 is 0 Å². The molecule has 2 aromatic carbocycles. The lowest BCUT2D eigenvalue weighted by Gasteiger charge is -2.29. The molecule has 0 saturated carbocycles. The summed E-state index contributed by atoms with van der Waals surface area (Å²) in [5.74, 6) is 0. The molecule has 106 valence electrons. The Hall–Kier alpha value is -1.98. The Morgan fingerprint density at radius 3 is 2.76 bits per heavy atom. The molecule has 1 aliphatic carbocycles. The van der Waals surface area contributed by atoms with Gasteiger partial charge in [0.25, 0.3) is 0 Å². The van der Waals surface area contributed by atoms with Crippen LogP contribution in [0.4, 0.5) is 5.69 Å². The van der Waals surface area contributed by atoms with Crippen LogP contribution in [0.15, 0.2) is 42.5 Å². The van der Waals surface area contributed by atoms with Crippen molar-refractivity contribution in [3.63, 3.8) is 0 Å². The smallest absolute Gasteiger partial charge is 0.101 e. The lowest BCUT2D eigenvalue weighted by Crippen LogP contribution is -2.24. The summed E-state index contributed by atoms with van der Waals surface area (Å²) in [6.07, 6.45) is 1.01.